The number of ether oxygens (including phenoxy) is 1. The largest absolute Gasteiger partial charge is 0.457 e. The van der Waals surface area contributed by atoms with Gasteiger partial charge in [-0.2, -0.15) is 0 Å². The molecule has 144 valence electrons. The molecule has 0 aliphatic carbocycles. The van der Waals surface area contributed by atoms with Crippen LogP contribution in [-0.4, -0.2) is 21.4 Å². The van der Waals surface area contributed by atoms with Crippen molar-refractivity contribution in [3.8, 4) is 11.5 Å². The zero-order valence-electron chi connectivity index (χ0n) is 15.5. The van der Waals surface area contributed by atoms with Crippen LogP contribution in [0.25, 0.3) is 10.9 Å². The Hall–Kier alpha value is -4.00. The number of aromatic nitrogens is 2. The lowest BCUT2D eigenvalue weighted by atomic mass is 10.1. The van der Waals surface area contributed by atoms with Crippen molar-refractivity contribution in [1.82, 2.24) is 9.97 Å². The molecule has 0 spiro atoms. The summed E-state index contributed by atoms with van der Waals surface area (Å²) in [6.45, 7) is 0.587. The van der Waals surface area contributed by atoms with Crippen LogP contribution in [0.3, 0.4) is 0 Å². The van der Waals surface area contributed by atoms with Gasteiger partial charge in [-0.05, 0) is 36.2 Å². The highest BCUT2D eigenvalue weighted by atomic mass is 16.6. The number of fused-ring (bicyclic) bond motifs is 1. The van der Waals surface area contributed by atoms with Crippen LogP contribution in [0.5, 0.6) is 11.5 Å². The van der Waals surface area contributed by atoms with Crippen molar-refractivity contribution in [2.24, 2.45) is 0 Å². The summed E-state index contributed by atoms with van der Waals surface area (Å²) in [6, 6.07) is 22.0. The van der Waals surface area contributed by atoms with Gasteiger partial charge in [-0.15, -0.1) is 0 Å². The van der Waals surface area contributed by atoms with E-state index in [0.717, 1.165) is 17.1 Å². The number of rotatable bonds is 7. The molecule has 0 unspecified atom stereocenters. The van der Waals surface area contributed by atoms with E-state index in [1.165, 1.54) is 18.5 Å². The standard InChI is InChI=1S/C22H18N4O3/c27-26(28)17-10-11-20-19(14-17)22(25-15-24-20)23-13-12-16-6-4-5-9-21(16)29-18-7-2-1-3-8-18/h1-11,14-15H,12-13H2,(H,23,24,25). The highest BCUT2D eigenvalue weighted by molar-refractivity contribution is 5.90. The van der Waals surface area contributed by atoms with Crippen LogP contribution in [0.15, 0.2) is 79.1 Å². The molecule has 0 amide bonds. The Morgan fingerprint density at radius 2 is 1.76 bits per heavy atom. The molecule has 4 rings (SSSR count). The Morgan fingerprint density at radius 3 is 2.59 bits per heavy atom. The summed E-state index contributed by atoms with van der Waals surface area (Å²) in [5.74, 6) is 2.14. The first-order valence-electron chi connectivity index (χ1n) is 9.14. The molecule has 7 nitrogen and oxygen atoms in total. The molecule has 0 bridgehead atoms. The van der Waals surface area contributed by atoms with Crippen molar-refractivity contribution in [2.75, 3.05) is 11.9 Å². The lowest BCUT2D eigenvalue weighted by Crippen LogP contribution is -2.08. The Balaban J connectivity index is 1.50. The number of nitro groups is 1. The summed E-state index contributed by atoms with van der Waals surface area (Å²) >= 11 is 0. The molecular weight excluding hydrogens is 368 g/mol. The second-order valence-corrected chi connectivity index (χ2v) is 6.38. The molecule has 7 heteroatoms. The van der Waals surface area contributed by atoms with Crippen LogP contribution in [0.1, 0.15) is 5.56 Å². The van der Waals surface area contributed by atoms with E-state index in [1.807, 2.05) is 54.6 Å². The third kappa shape index (κ3) is 4.30. The Kier molecular flexibility index (Phi) is 5.29. The summed E-state index contributed by atoms with van der Waals surface area (Å²) in [6.07, 6.45) is 2.15. The monoisotopic (exact) mass is 386 g/mol. The van der Waals surface area contributed by atoms with Crippen molar-refractivity contribution in [3.63, 3.8) is 0 Å². The topological polar surface area (TPSA) is 90.2 Å². The zero-order chi connectivity index (χ0) is 20.1. The number of nitrogens with zero attached hydrogens (tertiary/aromatic N) is 3. The fraction of sp³-hybridized carbons (Fsp3) is 0.0909. The van der Waals surface area contributed by atoms with Gasteiger partial charge in [0, 0.05) is 24.1 Å². The average molecular weight is 386 g/mol. The molecule has 4 aromatic rings. The van der Waals surface area contributed by atoms with Gasteiger partial charge in [-0.1, -0.05) is 36.4 Å². The summed E-state index contributed by atoms with van der Waals surface area (Å²) in [5.41, 5.74) is 1.71. The molecule has 0 fully saturated rings. The minimum Gasteiger partial charge on any atom is -0.457 e. The lowest BCUT2D eigenvalue weighted by molar-refractivity contribution is -0.384. The van der Waals surface area contributed by atoms with Crippen molar-refractivity contribution in [2.45, 2.75) is 6.42 Å². The van der Waals surface area contributed by atoms with Gasteiger partial charge in [-0.25, -0.2) is 9.97 Å². The van der Waals surface area contributed by atoms with Gasteiger partial charge in [0.15, 0.2) is 0 Å². The van der Waals surface area contributed by atoms with Crippen molar-refractivity contribution < 1.29 is 9.66 Å². The first-order chi connectivity index (χ1) is 14.2. The first kappa shape index (κ1) is 18.4. The third-order valence-electron chi connectivity index (χ3n) is 4.46. The van der Waals surface area contributed by atoms with Crippen LogP contribution < -0.4 is 10.1 Å². The fourth-order valence-corrected chi connectivity index (χ4v) is 3.04. The second kappa shape index (κ2) is 8.35. The van der Waals surface area contributed by atoms with Crippen molar-refractivity contribution in [1.29, 1.82) is 0 Å². The van der Waals surface area contributed by atoms with Crippen LogP contribution in [-0.2, 0) is 6.42 Å². The smallest absolute Gasteiger partial charge is 0.270 e. The Labute approximate surface area is 167 Å². The maximum absolute atomic E-state index is 11.1. The fourth-order valence-electron chi connectivity index (χ4n) is 3.04. The second-order valence-electron chi connectivity index (χ2n) is 6.38. The van der Waals surface area contributed by atoms with E-state index in [4.69, 9.17) is 4.74 Å². The molecule has 0 aliphatic rings. The molecule has 1 N–H and O–H groups in total. The highest BCUT2D eigenvalue weighted by Gasteiger charge is 2.11. The third-order valence-corrected chi connectivity index (χ3v) is 4.46. The quantitative estimate of drug-likeness (QED) is 0.356. The predicted octanol–water partition coefficient (Wildman–Crippen LogP) is 4.98. The molecule has 0 saturated heterocycles. The predicted molar refractivity (Wildman–Crippen MR) is 111 cm³/mol. The van der Waals surface area contributed by atoms with Crippen molar-refractivity contribution in [3.05, 3.63) is 94.8 Å². The normalized spacial score (nSPS) is 10.6. The van der Waals surface area contributed by atoms with Gasteiger partial charge in [0.05, 0.1) is 10.4 Å². The van der Waals surface area contributed by atoms with Gasteiger partial charge in [-0.3, -0.25) is 10.1 Å². The Bertz CT molecular complexity index is 1150. The van der Waals surface area contributed by atoms with E-state index in [-0.39, 0.29) is 5.69 Å². The maximum atomic E-state index is 11.1. The van der Waals surface area contributed by atoms with Gasteiger partial charge < -0.3 is 10.1 Å². The van der Waals surface area contributed by atoms with Crippen LogP contribution in [0, 0.1) is 10.1 Å². The van der Waals surface area contributed by atoms with Gasteiger partial charge in [0.2, 0.25) is 0 Å². The van der Waals surface area contributed by atoms with Crippen LogP contribution in [0.4, 0.5) is 11.5 Å². The molecule has 1 heterocycles. The number of nitrogens with one attached hydrogen (secondary N) is 1. The van der Waals surface area contributed by atoms with Crippen LogP contribution in [0.2, 0.25) is 0 Å². The molecule has 29 heavy (non-hydrogen) atoms. The Morgan fingerprint density at radius 1 is 0.966 bits per heavy atom. The summed E-state index contributed by atoms with van der Waals surface area (Å²) in [4.78, 5) is 19.1. The molecule has 0 atom stereocenters. The van der Waals surface area contributed by atoms with E-state index in [0.29, 0.717) is 29.7 Å². The average Bonchev–Trinajstić information content (AvgIpc) is 2.75. The number of non-ortho nitro benzene ring substituents is 1. The number of anilines is 1. The lowest BCUT2D eigenvalue weighted by Gasteiger charge is -2.12. The molecular formula is C22H18N4O3. The summed E-state index contributed by atoms with van der Waals surface area (Å²) < 4.78 is 6.00. The number of hydrogen-bond donors (Lipinski definition) is 1. The highest BCUT2D eigenvalue weighted by Crippen LogP contribution is 2.27. The van der Waals surface area contributed by atoms with Crippen molar-refractivity contribution >= 4 is 22.4 Å². The minimum atomic E-state index is -0.423. The summed E-state index contributed by atoms with van der Waals surface area (Å²) in [5, 5.41) is 15.0. The molecule has 1 aromatic heterocycles. The van der Waals surface area contributed by atoms with E-state index < -0.39 is 4.92 Å². The number of nitro benzene ring substituents is 1. The maximum Gasteiger partial charge on any atom is 0.270 e. The van der Waals surface area contributed by atoms with Gasteiger partial charge >= 0.3 is 0 Å². The van der Waals surface area contributed by atoms with Gasteiger partial charge in [0.25, 0.3) is 5.69 Å². The number of benzene rings is 3. The van der Waals surface area contributed by atoms with E-state index in [9.17, 15) is 10.1 Å². The van der Waals surface area contributed by atoms with E-state index in [2.05, 4.69) is 15.3 Å². The van der Waals surface area contributed by atoms with Gasteiger partial charge in [0.1, 0.15) is 23.6 Å². The first-order valence-corrected chi connectivity index (χ1v) is 9.14. The molecule has 3 aromatic carbocycles. The molecule has 0 radical (unpaired) electrons. The molecule has 0 saturated carbocycles. The van der Waals surface area contributed by atoms with Crippen LogP contribution >= 0.6 is 0 Å². The number of hydrogen-bond acceptors (Lipinski definition) is 6. The molecule has 0 aliphatic heterocycles. The van der Waals surface area contributed by atoms with E-state index >= 15 is 0 Å². The SMILES string of the molecule is O=[N+]([O-])c1ccc2ncnc(NCCc3ccccc3Oc3ccccc3)c2c1. The zero-order valence-corrected chi connectivity index (χ0v) is 15.5. The minimum absolute atomic E-state index is 0.0111. The summed E-state index contributed by atoms with van der Waals surface area (Å²) in [7, 11) is 0. The number of para-hydroxylation sites is 2. The van der Waals surface area contributed by atoms with E-state index in [1.54, 1.807) is 6.07 Å².